The molecular weight excluding hydrogens is 350 g/mol. The van der Waals surface area contributed by atoms with Gasteiger partial charge >= 0.3 is 0 Å². The van der Waals surface area contributed by atoms with E-state index in [4.69, 9.17) is 0 Å². The Morgan fingerprint density at radius 1 is 1.11 bits per heavy atom. The van der Waals surface area contributed by atoms with Crippen LogP contribution in [0.15, 0.2) is 36.4 Å². The number of hydrogen-bond donors (Lipinski definition) is 0. The van der Waals surface area contributed by atoms with Crippen molar-refractivity contribution in [2.75, 3.05) is 25.0 Å². The molecule has 5 nitrogen and oxygen atoms in total. The maximum absolute atomic E-state index is 12.5. The molecule has 1 fully saturated rings. The first kappa shape index (κ1) is 20.1. The van der Waals surface area contributed by atoms with Gasteiger partial charge in [0.05, 0.1) is 0 Å². The van der Waals surface area contributed by atoms with E-state index in [1.165, 1.54) is 5.56 Å². The van der Waals surface area contributed by atoms with Gasteiger partial charge in [-0.25, -0.2) is 0 Å². The van der Waals surface area contributed by atoms with Crippen LogP contribution in [0.4, 0.5) is 5.69 Å². The monoisotopic (exact) mass is 379 g/mol. The number of likely N-dealkylation sites (tertiary alicyclic amines) is 1. The number of pyridine rings is 1. The molecule has 1 aromatic carbocycles. The first-order valence-electron chi connectivity index (χ1n) is 9.96. The van der Waals surface area contributed by atoms with Crippen molar-refractivity contribution < 1.29 is 9.59 Å². The fraction of sp³-hybridized carbons (Fsp3) is 0.435. The van der Waals surface area contributed by atoms with Crippen LogP contribution in [-0.2, 0) is 16.0 Å². The van der Waals surface area contributed by atoms with E-state index in [-0.39, 0.29) is 11.8 Å². The molecule has 2 aromatic rings. The fourth-order valence-corrected chi connectivity index (χ4v) is 3.62. The number of hydrogen-bond acceptors (Lipinski definition) is 3. The molecule has 0 radical (unpaired) electrons. The van der Waals surface area contributed by atoms with Crippen molar-refractivity contribution in [2.24, 2.45) is 0 Å². The zero-order chi connectivity index (χ0) is 20.3. The number of aromatic nitrogens is 1. The molecule has 0 unspecified atom stereocenters. The van der Waals surface area contributed by atoms with Gasteiger partial charge < -0.3 is 9.80 Å². The van der Waals surface area contributed by atoms with Crippen molar-refractivity contribution in [3.8, 4) is 0 Å². The summed E-state index contributed by atoms with van der Waals surface area (Å²) in [6, 6.07) is 12.2. The summed E-state index contributed by atoms with van der Waals surface area (Å²) in [5.41, 5.74) is 5.31. The summed E-state index contributed by atoms with van der Waals surface area (Å²) in [6.07, 6.45) is 1.77. The number of rotatable bonds is 6. The number of anilines is 1. The minimum absolute atomic E-state index is 0.104. The van der Waals surface area contributed by atoms with Crippen LogP contribution in [0.2, 0.25) is 0 Å². The number of carbonyl (C=O) groups is 2. The molecule has 0 spiro atoms. The highest BCUT2D eigenvalue weighted by Gasteiger charge is 2.31. The predicted octanol–water partition coefficient (Wildman–Crippen LogP) is 3.63. The lowest BCUT2D eigenvalue weighted by atomic mass is 9.90. The van der Waals surface area contributed by atoms with Crippen LogP contribution >= 0.6 is 0 Å². The molecule has 0 aliphatic carbocycles. The normalized spacial score (nSPS) is 13.9. The van der Waals surface area contributed by atoms with Gasteiger partial charge in [-0.1, -0.05) is 25.1 Å². The third-order valence-corrected chi connectivity index (χ3v) is 5.61. The van der Waals surface area contributed by atoms with Crippen LogP contribution in [-0.4, -0.2) is 41.8 Å². The Kier molecular flexibility index (Phi) is 6.12. The number of carbonyl (C=O) groups excluding carboxylic acids is 2. The zero-order valence-corrected chi connectivity index (χ0v) is 17.2. The first-order valence-corrected chi connectivity index (χ1v) is 9.96. The number of nitrogens with zero attached hydrogens (tertiary/aromatic N) is 3. The quantitative estimate of drug-likeness (QED) is 0.770. The molecule has 0 N–H and O–H groups in total. The van der Waals surface area contributed by atoms with E-state index < -0.39 is 0 Å². The van der Waals surface area contributed by atoms with Crippen molar-refractivity contribution >= 4 is 17.5 Å². The maximum atomic E-state index is 12.5. The van der Waals surface area contributed by atoms with Crippen LogP contribution in [0.3, 0.4) is 0 Å². The Labute approximate surface area is 167 Å². The molecule has 5 heteroatoms. The number of aryl methyl sites for hydroxylation is 3. The molecule has 0 atom stereocenters. The minimum atomic E-state index is 0.104. The third kappa shape index (κ3) is 4.41. The van der Waals surface area contributed by atoms with Crippen LogP contribution in [0.1, 0.15) is 48.2 Å². The predicted molar refractivity (Wildman–Crippen MR) is 111 cm³/mol. The molecule has 2 heterocycles. The van der Waals surface area contributed by atoms with Gasteiger partial charge in [0, 0.05) is 56.0 Å². The lowest BCUT2D eigenvalue weighted by molar-refractivity contribution is -0.135. The molecule has 28 heavy (non-hydrogen) atoms. The highest BCUT2D eigenvalue weighted by molar-refractivity contribution is 5.92. The van der Waals surface area contributed by atoms with Gasteiger partial charge in [-0.2, -0.15) is 0 Å². The van der Waals surface area contributed by atoms with Crippen molar-refractivity contribution in [1.29, 1.82) is 0 Å². The van der Waals surface area contributed by atoms with Gasteiger partial charge in [-0.3, -0.25) is 14.6 Å². The lowest BCUT2D eigenvalue weighted by Gasteiger charge is -2.40. The fourth-order valence-electron chi connectivity index (χ4n) is 3.62. The van der Waals surface area contributed by atoms with Gasteiger partial charge in [0.1, 0.15) is 0 Å². The smallest absolute Gasteiger partial charge is 0.226 e. The van der Waals surface area contributed by atoms with E-state index in [0.717, 1.165) is 42.1 Å². The average molecular weight is 380 g/mol. The van der Waals surface area contributed by atoms with Crippen molar-refractivity contribution in [2.45, 2.75) is 46.0 Å². The molecule has 1 aromatic heterocycles. The van der Waals surface area contributed by atoms with Gasteiger partial charge in [0.2, 0.25) is 11.8 Å². The molecule has 148 valence electrons. The topological polar surface area (TPSA) is 53.5 Å². The van der Waals surface area contributed by atoms with E-state index in [9.17, 15) is 9.59 Å². The molecule has 1 saturated heterocycles. The van der Waals surface area contributed by atoms with Crippen LogP contribution < -0.4 is 4.90 Å². The molecular formula is C23H29N3O2. The summed E-state index contributed by atoms with van der Waals surface area (Å²) in [6.45, 7) is 7.39. The Morgan fingerprint density at radius 2 is 1.79 bits per heavy atom. The molecule has 1 aliphatic heterocycles. The van der Waals surface area contributed by atoms with Crippen LogP contribution in [0.5, 0.6) is 0 Å². The summed E-state index contributed by atoms with van der Waals surface area (Å²) >= 11 is 0. The first-order chi connectivity index (χ1) is 13.4. The number of amides is 2. The Bertz CT molecular complexity index is 855. The second-order valence-corrected chi connectivity index (χ2v) is 7.59. The van der Waals surface area contributed by atoms with Gasteiger partial charge in [-0.15, -0.1) is 0 Å². The van der Waals surface area contributed by atoms with E-state index >= 15 is 0 Å². The molecule has 0 bridgehead atoms. The standard InChI is InChI=1S/C23H29N3O2/c1-5-22(27)25(4)21-11-8-19(9-12-21)20-14-26(15-20)23(28)13-10-18-7-6-16(2)24-17(18)3/h6-9,11-12,20H,5,10,13-15H2,1-4H3. The largest absolute Gasteiger partial charge is 0.341 e. The van der Waals surface area contributed by atoms with Gasteiger partial charge in [0.15, 0.2) is 0 Å². The summed E-state index contributed by atoms with van der Waals surface area (Å²) < 4.78 is 0. The van der Waals surface area contributed by atoms with Crippen LogP contribution in [0, 0.1) is 13.8 Å². The van der Waals surface area contributed by atoms with Gasteiger partial charge in [0.25, 0.3) is 0 Å². The van der Waals surface area contributed by atoms with E-state index in [1.54, 1.807) is 11.9 Å². The average Bonchev–Trinajstić information content (AvgIpc) is 2.65. The Morgan fingerprint density at radius 3 is 2.39 bits per heavy atom. The highest BCUT2D eigenvalue weighted by Crippen LogP contribution is 2.29. The zero-order valence-electron chi connectivity index (χ0n) is 17.2. The van der Waals surface area contributed by atoms with Crippen molar-refractivity contribution in [1.82, 2.24) is 9.88 Å². The van der Waals surface area contributed by atoms with Crippen LogP contribution in [0.25, 0.3) is 0 Å². The summed E-state index contributed by atoms with van der Waals surface area (Å²) in [7, 11) is 1.80. The highest BCUT2D eigenvalue weighted by atomic mass is 16.2. The molecule has 0 saturated carbocycles. The Balaban J connectivity index is 1.49. The minimum Gasteiger partial charge on any atom is -0.341 e. The number of benzene rings is 1. The van der Waals surface area contributed by atoms with Gasteiger partial charge in [-0.05, 0) is 49.6 Å². The lowest BCUT2D eigenvalue weighted by Crippen LogP contribution is -2.48. The molecule has 2 amide bonds. The third-order valence-electron chi connectivity index (χ3n) is 5.61. The summed E-state index contributed by atoms with van der Waals surface area (Å²) in [5, 5.41) is 0. The van der Waals surface area contributed by atoms with Crippen molar-refractivity contribution in [3.63, 3.8) is 0 Å². The van der Waals surface area contributed by atoms with Crippen molar-refractivity contribution in [3.05, 3.63) is 58.9 Å². The maximum Gasteiger partial charge on any atom is 0.226 e. The second kappa shape index (κ2) is 8.55. The van der Waals surface area contributed by atoms with E-state index in [0.29, 0.717) is 18.8 Å². The molecule has 1 aliphatic rings. The molecule has 3 rings (SSSR count). The Hall–Kier alpha value is -2.69. The summed E-state index contributed by atoms with van der Waals surface area (Å²) in [5.74, 6) is 0.696. The van der Waals surface area contributed by atoms with E-state index in [1.807, 2.05) is 43.9 Å². The van der Waals surface area contributed by atoms with E-state index in [2.05, 4.69) is 23.2 Å². The summed E-state index contributed by atoms with van der Waals surface area (Å²) in [4.78, 5) is 32.3. The SMILES string of the molecule is CCC(=O)N(C)c1ccc(C2CN(C(=O)CCc3ccc(C)nc3C)C2)cc1. The second-order valence-electron chi connectivity index (χ2n) is 7.59.